The number of anilines is 6. The molecule has 59 heavy (non-hydrogen) atoms. The number of benzene rings is 9. The predicted octanol–water partition coefficient (Wildman–Crippen LogP) is 15.3. The molecule has 2 nitrogen and oxygen atoms in total. The van der Waals surface area contributed by atoms with Gasteiger partial charge in [-0.25, -0.2) is 0 Å². The zero-order valence-electron chi connectivity index (χ0n) is 33.5. The van der Waals surface area contributed by atoms with E-state index in [-0.39, 0.29) is 0 Å². The minimum absolute atomic E-state index is 0.507. The van der Waals surface area contributed by atoms with Crippen LogP contribution >= 0.6 is 0 Å². The molecule has 9 aromatic carbocycles. The van der Waals surface area contributed by atoms with Gasteiger partial charge >= 0.3 is 0 Å². The van der Waals surface area contributed by atoms with Crippen LogP contribution in [0.2, 0.25) is 0 Å². The van der Waals surface area contributed by atoms with E-state index in [4.69, 9.17) is 0 Å². The molecule has 2 heteroatoms. The molecule has 0 aliphatic rings. The Bertz CT molecular complexity index is 2610. The summed E-state index contributed by atoms with van der Waals surface area (Å²) in [6.45, 7) is 4.26. The summed E-state index contributed by atoms with van der Waals surface area (Å²) in [5.74, 6) is 0. The van der Waals surface area contributed by atoms with Gasteiger partial charge in [0.1, 0.15) is 0 Å². The maximum absolute atomic E-state index is 2.35. The van der Waals surface area contributed by atoms with Crippen LogP contribution < -0.4 is 9.80 Å². The number of nitrogens with zero attached hydrogens (tertiary/aromatic N) is 2. The maximum atomic E-state index is 2.35. The van der Waals surface area contributed by atoms with Crippen LogP contribution in [-0.2, 0) is 5.41 Å². The summed E-state index contributed by atoms with van der Waals surface area (Å²) in [4.78, 5) is 4.66. The SMILES string of the molecule is Cc1ccc(N(c2ccccc2)c2ccc(-c3ccc(N(c4ccc(C)cc4)c4ccc(C(c5ccccc5)(c5ccccc5)c5ccccc5)cc4)cc3)cc2)cc1. The molecule has 284 valence electrons. The number of hydrogen-bond donors (Lipinski definition) is 0. The second-order valence-electron chi connectivity index (χ2n) is 15.2. The third-order valence-electron chi connectivity index (χ3n) is 11.4. The van der Waals surface area contributed by atoms with E-state index in [0.717, 1.165) is 34.1 Å². The van der Waals surface area contributed by atoms with E-state index in [1.807, 2.05) is 0 Å². The van der Waals surface area contributed by atoms with Crippen molar-refractivity contribution in [3.63, 3.8) is 0 Å². The van der Waals surface area contributed by atoms with Crippen molar-refractivity contribution in [2.75, 3.05) is 9.80 Å². The zero-order chi connectivity index (χ0) is 40.0. The van der Waals surface area contributed by atoms with Gasteiger partial charge in [0, 0.05) is 34.1 Å². The topological polar surface area (TPSA) is 6.48 Å². The molecule has 0 unspecified atom stereocenters. The molecular weight excluding hydrogens is 713 g/mol. The molecule has 0 heterocycles. The summed E-state index contributed by atoms with van der Waals surface area (Å²) in [5, 5.41) is 0. The van der Waals surface area contributed by atoms with Crippen LogP contribution in [0.1, 0.15) is 33.4 Å². The number of hydrogen-bond acceptors (Lipinski definition) is 2. The van der Waals surface area contributed by atoms with Gasteiger partial charge < -0.3 is 9.80 Å². The quantitative estimate of drug-likeness (QED) is 0.121. The molecule has 0 radical (unpaired) electrons. The number of rotatable bonds is 11. The fourth-order valence-electron chi connectivity index (χ4n) is 8.39. The highest BCUT2D eigenvalue weighted by Crippen LogP contribution is 2.46. The third kappa shape index (κ3) is 7.45. The lowest BCUT2D eigenvalue weighted by Gasteiger charge is -2.37. The van der Waals surface area contributed by atoms with Gasteiger partial charge in [-0.1, -0.05) is 181 Å². The summed E-state index contributed by atoms with van der Waals surface area (Å²) >= 11 is 0. The predicted molar refractivity (Wildman–Crippen MR) is 249 cm³/mol. The molecule has 0 amide bonds. The van der Waals surface area contributed by atoms with Crippen LogP contribution in [0.15, 0.2) is 243 Å². The van der Waals surface area contributed by atoms with Crippen molar-refractivity contribution < 1.29 is 0 Å². The minimum Gasteiger partial charge on any atom is -0.311 e. The smallest absolute Gasteiger partial charge is 0.0701 e. The second-order valence-corrected chi connectivity index (χ2v) is 15.2. The highest BCUT2D eigenvalue weighted by Gasteiger charge is 2.38. The largest absolute Gasteiger partial charge is 0.311 e. The first-order valence-corrected chi connectivity index (χ1v) is 20.3. The van der Waals surface area contributed by atoms with Crippen molar-refractivity contribution >= 4 is 34.1 Å². The van der Waals surface area contributed by atoms with Gasteiger partial charge in [-0.05, 0) is 120 Å². The molecule has 0 aliphatic heterocycles. The van der Waals surface area contributed by atoms with Gasteiger partial charge in [0.05, 0.1) is 5.41 Å². The van der Waals surface area contributed by atoms with Crippen molar-refractivity contribution in [3.05, 3.63) is 276 Å². The molecule has 0 saturated carbocycles. The highest BCUT2D eigenvalue weighted by atomic mass is 15.1. The Labute approximate surface area is 349 Å². The Morgan fingerprint density at radius 3 is 0.797 bits per heavy atom. The summed E-state index contributed by atoms with van der Waals surface area (Å²) in [5.41, 5.74) is 15.9. The van der Waals surface area contributed by atoms with E-state index >= 15 is 0 Å². The van der Waals surface area contributed by atoms with E-state index in [9.17, 15) is 0 Å². The van der Waals surface area contributed by atoms with E-state index in [2.05, 4.69) is 266 Å². The Kier molecular flexibility index (Phi) is 10.5. The lowest BCUT2D eigenvalue weighted by molar-refractivity contribution is 0.745. The van der Waals surface area contributed by atoms with Crippen molar-refractivity contribution in [2.24, 2.45) is 0 Å². The van der Waals surface area contributed by atoms with Gasteiger partial charge in [0.15, 0.2) is 0 Å². The highest BCUT2D eigenvalue weighted by molar-refractivity contribution is 5.81. The minimum atomic E-state index is -0.507. The van der Waals surface area contributed by atoms with E-state index < -0.39 is 5.41 Å². The molecule has 0 N–H and O–H groups in total. The van der Waals surface area contributed by atoms with Gasteiger partial charge in [0.25, 0.3) is 0 Å². The third-order valence-corrected chi connectivity index (χ3v) is 11.4. The molecule has 0 fully saturated rings. The van der Waals surface area contributed by atoms with E-state index in [0.29, 0.717) is 0 Å². The normalized spacial score (nSPS) is 11.2. The summed E-state index contributed by atoms with van der Waals surface area (Å²) in [7, 11) is 0. The summed E-state index contributed by atoms with van der Waals surface area (Å²) < 4.78 is 0. The molecule has 9 aromatic rings. The first kappa shape index (κ1) is 37.2. The molecule has 0 aliphatic carbocycles. The molecular formula is C57H46N2. The van der Waals surface area contributed by atoms with Crippen LogP contribution in [0.5, 0.6) is 0 Å². The van der Waals surface area contributed by atoms with Crippen molar-refractivity contribution in [1.82, 2.24) is 0 Å². The van der Waals surface area contributed by atoms with Crippen LogP contribution in [0.4, 0.5) is 34.1 Å². The first-order chi connectivity index (χ1) is 29.1. The van der Waals surface area contributed by atoms with E-state index in [1.165, 1.54) is 44.5 Å². The lowest BCUT2D eigenvalue weighted by atomic mass is 9.65. The fraction of sp³-hybridized carbons (Fsp3) is 0.0526. The molecule has 9 rings (SSSR count). The van der Waals surface area contributed by atoms with Gasteiger partial charge in [-0.15, -0.1) is 0 Å². The molecule has 0 spiro atoms. The monoisotopic (exact) mass is 758 g/mol. The van der Waals surface area contributed by atoms with Gasteiger partial charge in [-0.3, -0.25) is 0 Å². The van der Waals surface area contributed by atoms with Crippen molar-refractivity contribution in [1.29, 1.82) is 0 Å². The Hall–Kier alpha value is -7.42. The molecule has 0 aromatic heterocycles. The molecule has 0 bridgehead atoms. The second kappa shape index (κ2) is 16.6. The van der Waals surface area contributed by atoms with Crippen LogP contribution in [0.25, 0.3) is 11.1 Å². The standard InChI is InChI=1S/C57H46N2/c1-43-23-33-52(34-24-43)58(51-21-13-6-14-22-51)54-37-27-45(28-38-54)46-29-39-55(40-30-46)59(53-35-25-44(2)26-36-53)56-41-31-50(32-42-56)57(47-15-7-3-8-16-47,48-17-9-4-10-18-48)49-19-11-5-12-20-49/h3-42H,1-2H3. The number of para-hydroxylation sites is 1. The number of aryl methyl sites for hydroxylation is 2. The van der Waals surface area contributed by atoms with Crippen LogP contribution in [0, 0.1) is 13.8 Å². The maximum Gasteiger partial charge on any atom is 0.0701 e. The molecule has 0 saturated heterocycles. The average Bonchev–Trinajstić information content (AvgIpc) is 3.31. The zero-order valence-corrected chi connectivity index (χ0v) is 33.5. The lowest BCUT2D eigenvalue weighted by Crippen LogP contribution is -2.31. The Morgan fingerprint density at radius 2 is 0.475 bits per heavy atom. The Morgan fingerprint density at radius 1 is 0.237 bits per heavy atom. The van der Waals surface area contributed by atoms with E-state index in [1.54, 1.807) is 0 Å². The van der Waals surface area contributed by atoms with Crippen LogP contribution in [0.3, 0.4) is 0 Å². The summed E-state index contributed by atoms with van der Waals surface area (Å²) in [6.07, 6.45) is 0. The first-order valence-electron chi connectivity index (χ1n) is 20.3. The van der Waals surface area contributed by atoms with Gasteiger partial charge in [-0.2, -0.15) is 0 Å². The van der Waals surface area contributed by atoms with Crippen molar-refractivity contribution in [3.8, 4) is 11.1 Å². The molecule has 0 atom stereocenters. The summed E-state index contributed by atoms with van der Waals surface area (Å²) in [6, 6.07) is 87.8. The fourth-order valence-corrected chi connectivity index (χ4v) is 8.39. The van der Waals surface area contributed by atoms with Gasteiger partial charge in [0.2, 0.25) is 0 Å². The van der Waals surface area contributed by atoms with Crippen molar-refractivity contribution in [2.45, 2.75) is 19.3 Å². The Balaban J connectivity index is 1.08. The van der Waals surface area contributed by atoms with Crippen LogP contribution in [-0.4, -0.2) is 0 Å². The average molecular weight is 759 g/mol.